The Morgan fingerprint density at radius 1 is 1.43 bits per heavy atom. The van der Waals surface area contributed by atoms with Crippen molar-refractivity contribution in [3.8, 4) is 0 Å². The SMILES string of the molecule is CS(=O)(=O)OCC[C@@H]1OCCc2cc(N3CCNC3=O)ccc21. The topological polar surface area (TPSA) is 84.9 Å². The number of ether oxygens (including phenoxy) is 1. The highest BCUT2D eigenvalue weighted by Crippen LogP contribution is 2.32. The summed E-state index contributed by atoms with van der Waals surface area (Å²) in [7, 11) is -3.43. The number of benzene rings is 1. The highest BCUT2D eigenvalue weighted by atomic mass is 32.2. The van der Waals surface area contributed by atoms with Crippen LogP contribution in [0.2, 0.25) is 0 Å². The van der Waals surface area contributed by atoms with Crippen LogP contribution in [0.15, 0.2) is 18.2 Å². The number of nitrogens with zero attached hydrogens (tertiary/aromatic N) is 1. The van der Waals surface area contributed by atoms with E-state index in [9.17, 15) is 13.2 Å². The molecule has 2 heterocycles. The molecule has 0 unspecified atom stereocenters. The van der Waals surface area contributed by atoms with Crippen LogP contribution in [0.4, 0.5) is 10.5 Å². The molecule has 1 fully saturated rings. The third-order valence-electron chi connectivity index (χ3n) is 4.01. The van der Waals surface area contributed by atoms with E-state index in [4.69, 9.17) is 8.92 Å². The van der Waals surface area contributed by atoms with E-state index in [0.29, 0.717) is 26.1 Å². The summed E-state index contributed by atoms with van der Waals surface area (Å²) in [5, 5.41) is 2.79. The van der Waals surface area contributed by atoms with E-state index < -0.39 is 10.1 Å². The zero-order valence-electron chi connectivity index (χ0n) is 12.9. The molecule has 2 aliphatic rings. The second-order valence-electron chi connectivity index (χ2n) is 5.69. The van der Waals surface area contributed by atoms with E-state index in [0.717, 1.165) is 29.5 Å². The lowest BCUT2D eigenvalue weighted by atomic mass is 9.95. The first kappa shape index (κ1) is 16.2. The number of carbonyl (C=O) groups excluding carboxylic acids is 1. The van der Waals surface area contributed by atoms with Crippen molar-refractivity contribution in [1.29, 1.82) is 0 Å². The summed E-state index contributed by atoms with van der Waals surface area (Å²) in [5.41, 5.74) is 3.06. The van der Waals surface area contributed by atoms with Crippen LogP contribution in [0, 0.1) is 0 Å². The predicted octanol–water partition coefficient (Wildman–Crippen LogP) is 1.20. The van der Waals surface area contributed by atoms with Crippen LogP contribution in [0.3, 0.4) is 0 Å². The number of hydrogen-bond donors (Lipinski definition) is 1. The summed E-state index contributed by atoms with van der Waals surface area (Å²) < 4.78 is 32.6. The van der Waals surface area contributed by atoms with Crippen molar-refractivity contribution in [1.82, 2.24) is 5.32 Å². The van der Waals surface area contributed by atoms with Crippen molar-refractivity contribution >= 4 is 21.8 Å². The highest BCUT2D eigenvalue weighted by Gasteiger charge is 2.25. The minimum absolute atomic E-state index is 0.0740. The number of hydrogen-bond acceptors (Lipinski definition) is 5. The average molecular weight is 340 g/mol. The fraction of sp³-hybridized carbons (Fsp3) is 0.533. The van der Waals surface area contributed by atoms with Crippen LogP contribution in [0.5, 0.6) is 0 Å². The van der Waals surface area contributed by atoms with Crippen LogP contribution in [0.25, 0.3) is 0 Å². The lowest BCUT2D eigenvalue weighted by Gasteiger charge is -2.27. The van der Waals surface area contributed by atoms with Crippen molar-refractivity contribution < 1.29 is 22.1 Å². The molecular formula is C15H20N2O5S. The van der Waals surface area contributed by atoms with Gasteiger partial charge in [0, 0.05) is 25.2 Å². The fourth-order valence-electron chi connectivity index (χ4n) is 2.95. The van der Waals surface area contributed by atoms with Crippen molar-refractivity contribution in [2.45, 2.75) is 18.9 Å². The standard InChI is InChI=1S/C15H20N2O5S/c1-23(19,20)22-9-5-14-13-3-2-12(10-11(13)4-8-21-14)17-7-6-16-15(17)18/h2-3,10,14H,4-9H2,1H3,(H,16,18)/t14-/m0/s1. The zero-order chi connectivity index (χ0) is 16.4. The molecule has 0 bridgehead atoms. The fourth-order valence-corrected chi connectivity index (χ4v) is 3.35. The van der Waals surface area contributed by atoms with E-state index in [1.165, 1.54) is 0 Å². The summed E-state index contributed by atoms with van der Waals surface area (Å²) in [5.74, 6) is 0. The molecule has 0 aromatic heterocycles. The Hall–Kier alpha value is -1.64. The van der Waals surface area contributed by atoms with Crippen LogP contribution in [-0.2, 0) is 25.5 Å². The molecule has 7 nitrogen and oxygen atoms in total. The monoisotopic (exact) mass is 340 g/mol. The molecule has 0 spiro atoms. The Balaban J connectivity index is 1.73. The van der Waals surface area contributed by atoms with Crippen LogP contribution >= 0.6 is 0 Å². The normalized spacial score (nSPS) is 21.2. The summed E-state index contributed by atoms with van der Waals surface area (Å²) in [6.07, 6.45) is 2.11. The van der Waals surface area contributed by atoms with E-state index in [-0.39, 0.29) is 18.7 Å². The minimum atomic E-state index is -3.43. The summed E-state index contributed by atoms with van der Waals surface area (Å²) >= 11 is 0. The molecule has 1 aromatic carbocycles. The maximum atomic E-state index is 11.8. The molecule has 1 saturated heterocycles. The Bertz CT molecular complexity index is 704. The minimum Gasteiger partial charge on any atom is -0.373 e. The Labute approximate surface area is 135 Å². The highest BCUT2D eigenvalue weighted by molar-refractivity contribution is 7.85. The molecule has 0 saturated carbocycles. The van der Waals surface area contributed by atoms with E-state index in [1.807, 2.05) is 18.2 Å². The molecule has 2 aliphatic heterocycles. The van der Waals surface area contributed by atoms with E-state index in [2.05, 4.69) is 5.32 Å². The van der Waals surface area contributed by atoms with Gasteiger partial charge in [-0.05, 0) is 29.7 Å². The Kier molecular flexibility index (Phi) is 4.56. The van der Waals surface area contributed by atoms with Crippen molar-refractivity contribution in [3.63, 3.8) is 0 Å². The molecule has 0 aliphatic carbocycles. The third-order valence-corrected chi connectivity index (χ3v) is 4.60. The first-order chi connectivity index (χ1) is 10.9. The summed E-state index contributed by atoms with van der Waals surface area (Å²) in [6.45, 7) is 2.00. The van der Waals surface area contributed by atoms with Crippen LogP contribution in [-0.4, -0.2) is 47.0 Å². The van der Waals surface area contributed by atoms with Crippen molar-refractivity contribution in [2.75, 3.05) is 37.5 Å². The van der Waals surface area contributed by atoms with Gasteiger partial charge in [0.25, 0.3) is 10.1 Å². The second-order valence-corrected chi connectivity index (χ2v) is 7.33. The number of fused-ring (bicyclic) bond motifs is 1. The lowest BCUT2D eigenvalue weighted by Crippen LogP contribution is -2.28. The number of rotatable bonds is 5. The van der Waals surface area contributed by atoms with Gasteiger partial charge in [-0.25, -0.2) is 4.79 Å². The van der Waals surface area contributed by atoms with Gasteiger partial charge in [0.15, 0.2) is 0 Å². The number of urea groups is 1. The number of carbonyl (C=O) groups is 1. The van der Waals surface area contributed by atoms with E-state index in [1.54, 1.807) is 4.90 Å². The van der Waals surface area contributed by atoms with Gasteiger partial charge < -0.3 is 10.1 Å². The van der Waals surface area contributed by atoms with Gasteiger partial charge in [0.05, 0.1) is 25.6 Å². The molecule has 1 N–H and O–H groups in total. The van der Waals surface area contributed by atoms with Crippen molar-refractivity contribution in [3.05, 3.63) is 29.3 Å². The molecule has 126 valence electrons. The maximum absolute atomic E-state index is 11.8. The molecular weight excluding hydrogens is 320 g/mol. The van der Waals surface area contributed by atoms with E-state index >= 15 is 0 Å². The molecule has 8 heteroatoms. The second kappa shape index (κ2) is 6.46. The smallest absolute Gasteiger partial charge is 0.321 e. The molecule has 0 radical (unpaired) electrons. The third kappa shape index (κ3) is 3.82. The van der Waals surface area contributed by atoms with Gasteiger partial charge in [-0.15, -0.1) is 0 Å². The Morgan fingerprint density at radius 3 is 2.96 bits per heavy atom. The quantitative estimate of drug-likeness (QED) is 0.814. The molecule has 1 aromatic rings. The number of anilines is 1. The van der Waals surface area contributed by atoms with Gasteiger partial charge in [0.1, 0.15) is 0 Å². The number of amides is 2. The molecule has 23 heavy (non-hydrogen) atoms. The van der Waals surface area contributed by atoms with Gasteiger partial charge in [-0.3, -0.25) is 9.08 Å². The largest absolute Gasteiger partial charge is 0.373 e. The summed E-state index contributed by atoms with van der Waals surface area (Å²) in [4.78, 5) is 13.5. The first-order valence-corrected chi connectivity index (χ1v) is 9.40. The van der Waals surface area contributed by atoms with Crippen LogP contribution in [0.1, 0.15) is 23.7 Å². The number of nitrogens with one attached hydrogen (secondary N) is 1. The van der Waals surface area contributed by atoms with Gasteiger partial charge in [-0.1, -0.05) is 6.07 Å². The van der Waals surface area contributed by atoms with Gasteiger partial charge >= 0.3 is 6.03 Å². The zero-order valence-corrected chi connectivity index (χ0v) is 13.8. The predicted molar refractivity (Wildman–Crippen MR) is 85.0 cm³/mol. The van der Waals surface area contributed by atoms with Gasteiger partial charge in [0.2, 0.25) is 0 Å². The average Bonchev–Trinajstić information content (AvgIpc) is 2.92. The first-order valence-electron chi connectivity index (χ1n) is 7.58. The summed E-state index contributed by atoms with van der Waals surface area (Å²) in [6, 6.07) is 5.81. The maximum Gasteiger partial charge on any atom is 0.321 e. The molecule has 2 amide bonds. The van der Waals surface area contributed by atoms with Crippen LogP contribution < -0.4 is 10.2 Å². The van der Waals surface area contributed by atoms with Crippen molar-refractivity contribution in [2.24, 2.45) is 0 Å². The molecule has 1 atom stereocenters. The molecule has 3 rings (SSSR count). The van der Waals surface area contributed by atoms with Gasteiger partial charge in [-0.2, -0.15) is 8.42 Å². The Morgan fingerprint density at radius 2 is 2.26 bits per heavy atom. The lowest BCUT2D eigenvalue weighted by molar-refractivity contribution is 0.0283.